The van der Waals surface area contributed by atoms with Gasteiger partial charge in [0.05, 0.1) is 4.90 Å². The first kappa shape index (κ1) is 20.3. The minimum Gasteiger partial charge on any atom is -0.347 e. The van der Waals surface area contributed by atoms with Crippen LogP contribution in [0.5, 0.6) is 0 Å². The van der Waals surface area contributed by atoms with E-state index < -0.39 is 10.0 Å². The molecule has 2 bridgehead atoms. The Hall–Kier alpha value is -1.40. The number of amides is 1. The molecule has 6 heteroatoms. The van der Waals surface area contributed by atoms with Crippen molar-refractivity contribution in [1.29, 1.82) is 0 Å². The van der Waals surface area contributed by atoms with Gasteiger partial charge >= 0.3 is 0 Å². The van der Waals surface area contributed by atoms with Crippen LogP contribution in [0, 0.1) is 10.8 Å². The summed E-state index contributed by atoms with van der Waals surface area (Å²) in [5.41, 5.74) is 0.176. The highest BCUT2D eigenvalue weighted by molar-refractivity contribution is 7.89. The van der Waals surface area contributed by atoms with Crippen molar-refractivity contribution in [1.82, 2.24) is 9.62 Å². The normalized spacial score (nSPS) is 28.1. The average molecular weight is 393 g/mol. The predicted molar refractivity (Wildman–Crippen MR) is 107 cm³/mol. The molecule has 0 spiro atoms. The van der Waals surface area contributed by atoms with Crippen LogP contribution >= 0.6 is 0 Å². The van der Waals surface area contributed by atoms with E-state index >= 15 is 0 Å². The van der Waals surface area contributed by atoms with Crippen molar-refractivity contribution in [2.24, 2.45) is 10.8 Å². The monoisotopic (exact) mass is 392 g/mol. The summed E-state index contributed by atoms with van der Waals surface area (Å²) in [5, 5.41) is 2.89. The number of nitrogens with one attached hydrogen (secondary N) is 1. The molecule has 1 amide bonds. The molecule has 1 aromatic rings. The van der Waals surface area contributed by atoms with Crippen LogP contribution in [0.25, 0.3) is 0 Å². The molecule has 0 unspecified atom stereocenters. The van der Waals surface area contributed by atoms with E-state index in [1.807, 2.05) is 20.8 Å². The molecule has 150 valence electrons. The molecule has 5 nitrogen and oxygen atoms in total. The van der Waals surface area contributed by atoms with Gasteiger partial charge in [-0.25, -0.2) is 8.42 Å². The number of benzene rings is 1. The lowest BCUT2D eigenvalue weighted by Gasteiger charge is -2.39. The van der Waals surface area contributed by atoms with E-state index in [-0.39, 0.29) is 33.2 Å². The van der Waals surface area contributed by atoms with Gasteiger partial charge in [-0.1, -0.05) is 26.8 Å². The largest absolute Gasteiger partial charge is 0.347 e. The molecule has 1 N–H and O–H groups in total. The fourth-order valence-electron chi connectivity index (χ4n) is 5.04. The summed E-state index contributed by atoms with van der Waals surface area (Å²) in [6, 6.07) is 6.45. The van der Waals surface area contributed by atoms with Crippen LogP contribution in [0.2, 0.25) is 0 Å². The Morgan fingerprint density at radius 3 is 2.48 bits per heavy atom. The van der Waals surface area contributed by atoms with Gasteiger partial charge in [0.15, 0.2) is 0 Å². The van der Waals surface area contributed by atoms with Gasteiger partial charge in [0, 0.05) is 23.7 Å². The number of sulfonamides is 1. The van der Waals surface area contributed by atoms with E-state index in [1.165, 1.54) is 6.07 Å². The molecule has 0 radical (unpaired) electrons. The third-order valence-corrected chi connectivity index (χ3v) is 7.45. The topological polar surface area (TPSA) is 66.5 Å². The van der Waals surface area contributed by atoms with E-state index in [9.17, 15) is 13.2 Å². The standard InChI is InChI=1S/C21H32N2O3S/c1-19(2,3)22-18(24)15-8-7-9-17(10-15)27(25,26)23-14-21(6)12-16(23)11-20(4,5)13-21/h7-10,16H,11-14H2,1-6H3,(H,22,24)/t16-,21+/m1/s1. The maximum Gasteiger partial charge on any atom is 0.251 e. The van der Waals surface area contributed by atoms with Crippen LogP contribution in [-0.4, -0.2) is 36.8 Å². The average Bonchev–Trinajstić information content (AvgIpc) is 2.75. The van der Waals surface area contributed by atoms with Gasteiger partial charge in [0.2, 0.25) is 10.0 Å². The number of fused-ring (bicyclic) bond motifs is 2. The fourth-order valence-corrected chi connectivity index (χ4v) is 6.86. The minimum atomic E-state index is -3.63. The first-order chi connectivity index (χ1) is 12.2. The van der Waals surface area contributed by atoms with Crippen molar-refractivity contribution in [3.8, 4) is 0 Å². The van der Waals surface area contributed by atoms with Gasteiger partial charge in [0.1, 0.15) is 0 Å². The number of hydrogen-bond acceptors (Lipinski definition) is 3. The zero-order valence-electron chi connectivity index (χ0n) is 17.3. The number of rotatable bonds is 3. The van der Waals surface area contributed by atoms with E-state index in [4.69, 9.17) is 0 Å². The first-order valence-electron chi connectivity index (χ1n) is 9.65. The highest BCUT2D eigenvalue weighted by Crippen LogP contribution is 2.53. The molecule has 1 heterocycles. The minimum absolute atomic E-state index is 0.0285. The zero-order chi connectivity index (χ0) is 20.3. The molecular formula is C21H32N2O3S. The molecule has 1 aliphatic heterocycles. The molecular weight excluding hydrogens is 360 g/mol. The summed E-state index contributed by atoms with van der Waals surface area (Å²) in [5.74, 6) is -0.257. The molecule has 2 aliphatic rings. The van der Waals surface area contributed by atoms with E-state index in [0.29, 0.717) is 12.1 Å². The number of carbonyl (C=O) groups excluding carboxylic acids is 1. The second-order valence-corrected chi connectivity index (χ2v) is 12.4. The summed E-state index contributed by atoms with van der Waals surface area (Å²) >= 11 is 0. The van der Waals surface area contributed by atoms with Crippen molar-refractivity contribution < 1.29 is 13.2 Å². The van der Waals surface area contributed by atoms with Crippen LogP contribution in [0.1, 0.15) is 71.2 Å². The van der Waals surface area contributed by atoms with Crippen LogP contribution in [0.15, 0.2) is 29.2 Å². The summed E-state index contributed by atoms with van der Waals surface area (Å²) in [4.78, 5) is 12.7. The molecule has 2 atom stereocenters. The van der Waals surface area contributed by atoms with Gasteiger partial charge in [-0.2, -0.15) is 4.31 Å². The van der Waals surface area contributed by atoms with E-state index in [0.717, 1.165) is 19.3 Å². The Morgan fingerprint density at radius 1 is 1.19 bits per heavy atom. The number of nitrogens with zero attached hydrogens (tertiary/aromatic N) is 1. The Bertz CT molecular complexity index is 854. The second-order valence-electron chi connectivity index (χ2n) is 10.5. The molecule has 27 heavy (non-hydrogen) atoms. The fraction of sp³-hybridized carbons (Fsp3) is 0.667. The van der Waals surface area contributed by atoms with Crippen molar-refractivity contribution in [3.05, 3.63) is 29.8 Å². The van der Waals surface area contributed by atoms with Gasteiger partial charge in [0.25, 0.3) is 5.91 Å². The van der Waals surface area contributed by atoms with Crippen molar-refractivity contribution in [3.63, 3.8) is 0 Å². The first-order valence-corrected chi connectivity index (χ1v) is 11.1. The number of hydrogen-bond donors (Lipinski definition) is 1. The molecule has 0 aromatic heterocycles. The molecule has 1 saturated carbocycles. The van der Waals surface area contributed by atoms with Gasteiger partial charge in [-0.05, 0) is 69.1 Å². The number of carbonyl (C=O) groups is 1. The van der Waals surface area contributed by atoms with E-state index in [1.54, 1.807) is 22.5 Å². The summed E-state index contributed by atoms with van der Waals surface area (Å²) in [6.07, 6.45) is 2.84. The van der Waals surface area contributed by atoms with Gasteiger partial charge < -0.3 is 5.32 Å². The Balaban J connectivity index is 1.90. The van der Waals surface area contributed by atoms with Crippen LogP contribution < -0.4 is 5.32 Å². The quantitative estimate of drug-likeness (QED) is 0.851. The van der Waals surface area contributed by atoms with Crippen molar-refractivity contribution in [2.75, 3.05) is 6.54 Å². The lowest BCUT2D eigenvalue weighted by Crippen LogP contribution is -2.40. The Kier molecular flexibility index (Phi) is 4.75. The Labute approximate surface area is 163 Å². The highest BCUT2D eigenvalue weighted by Gasteiger charge is 2.53. The molecule has 1 aliphatic carbocycles. The third-order valence-electron chi connectivity index (χ3n) is 5.56. The summed E-state index contributed by atoms with van der Waals surface area (Å²) in [6.45, 7) is 12.9. The smallest absolute Gasteiger partial charge is 0.251 e. The molecule has 3 rings (SSSR count). The maximum absolute atomic E-state index is 13.4. The van der Waals surface area contributed by atoms with Crippen LogP contribution in [0.3, 0.4) is 0 Å². The van der Waals surface area contributed by atoms with E-state index in [2.05, 4.69) is 26.1 Å². The van der Waals surface area contributed by atoms with Crippen molar-refractivity contribution >= 4 is 15.9 Å². The zero-order valence-corrected chi connectivity index (χ0v) is 18.1. The lowest BCUT2D eigenvalue weighted by atomic mass is 9.65. The maximum atomic E-state index is 13.4. The van der Waals surface area contributed by atoms with Crippen LogP contribution in [0.4, 0.5) is 0 Å². The molecule has 2 fully saturated rings. The predicted octanol–water partition coefficient (Wildman–Crippen LogP) is 3.80. The highest BCUT2D eigenvalue weighted by atomic mass is 32.2. The lowest BCUT2D eigenvalue weighted by molar-refractivity contribution is 0.0919. The summed E-state index contributed by atoms with van der Waals surface area (Å²) < 4.78 is 28.5. The van der Waals surface area contributed by atoms with Gasteiger partial charge in [-0.3, -0.25) is 4.79 Å². The van der Waals surface area contributed by atoms with Crippen LogP contribution in [-0.2, 0) is 10.0 Å². The van der Waals surface area contributed by atoms with Gasteiger partial charge in [-0.15, -0.1) is 0 Å². The third kappa shape index (κ3) is 4.21. The second kappa shape index (κ2) is 6.31. The Morgan fingerprint density at radius 2 is 1.85 bits per heavy atom. The molecule has 1 saturated heterocycles. The van der Waals surface area contributed by atoms with Crippen molar-refractivity contribution in [2.45, 2.75) is 77.3 Å². The SMILES string of the molecule is CC1(C)C[C@@H]2C[C@](C)(CN2S(=O)(=O)c2cccc(C(=O)NC(C)(C)C)c2)C1. The molecule has 1 aromatic carbocycles. The summed E-state index contributed by atoms with van der Waals surface area (Å²) in [7, 11) is -3.63.